The molecule has 1 fully saturated rings. The Bertz CT molecular complexity index is 354. The van der Waals surface area contributed by atoms with Crippen LogP contribution in [0.2, 0.25) is 0 Å². The van der Waals surface area contributed by atoms with E-state index in [1.165, 1.54) is 43.2 Å². The van der Waals surface area contributed by atoms with Crippen LogP contribution in [-0.2, 0) is 0 Å². The van der Waals surface area contributed by atoms with Gasteiger partial charge in [0.2, 0.25) is 0 Å². The molecule has 1 heteroatoms. The molecule has 0 radical (unpaired) electrons. The summed E-state index contributed by atoms with van der Waals surface area (Å²) in [6.07, 6.45) is 6.91. The third kappa shape index (κ3) is 3.35. The molecule has 0 spiro atoms. The van der Waals surface area contributed by atoms with Crippen molar-refractivity contribution in [2.75, 3.05) is 0 Å². The van der Waals surface area contributed by atoms with Gasteiger partial charge in [-0.3, -0.25) is 0 Å². The van der Waals surface area contributed by atoms with Crippen molar-refractivity contribution in [1.82, 2.24) is 5.32 Å². The van der Waals surface area contributed by atoms with E-state index < -0.39 is 0 Å². The van der Waals surface area contributed by atoms with Crippen molar-refractivity contribution in [3.63, 3.8) is 0 Å². The predicted molar refractivity (Wildman–Crippen MR) is 78.8 cm³/mol. The molecule has 0 saturated heterocycles. The zero-order chi connectivity index (χ0) is 13.0. The zero-order valence-corrected chi connectivity index (χ0v) is 12.1. The monoisotopic (exact) mass is 245 g/mol. The van der Waals surface area contributed by atoms with E-state index in [1.807, 2.05) is 0 Å². The van der Waals surface area contributed by atoms with Gasteiger partial charge in [-0.05, 0) is 38.2 Å². The number of hydrogen-bond donors (Lipinski definition) is 1. The van der Waals surface area contributed by atoms with Crippen LogP contribution >= 0.6 is 0 Å². The van der Waals surface area contributed by atoms with E-state index in [0.717, 1.165) is 12.0 Å². The van der Waals surface area contributed by atoms with Crippen LogP contribution in [0.15, 0.2) is 24.3 Å². The number of nitrogens with one attached hydrogen (secondary N) is 1. The summed E-state index contributed by atoms with van der Waals surface area (Å²) >= 11 is 0. The summed E-state index contributed by atoms with van der Waals surface area (Å²) in [6, 6.07) is 10.1. The summed E-state index contributed by atoms with van der Waals surface area (Å²) < 4.78 is 0. The molecule has 0 amide bonds. The molecule has 1 aliphatic carbocycles. The highest BCUT2D eigenvalue weighted by Gasteiger charge is 2.24. The third-order valence-electron chi connectivity index (χ3n) is 4.47. The lowest BCUT2D eigenvalue weighted by Gasteiger charge is -2.34. The summed E-state index contributed by atoms with van der Waals surface area (Å²) in [7, 11) is 0. The van der Waals surface area contributed by atoms with Gasteiger partial charge in [0, 0.05) is 12.1 Å². The second kappa shape index (κ2) is 6.38. The lowest BCUT2D eigenvalue weighted by Crippen LogP contribution is -2.39. The molecule has 0 aromatic heterocycles. The standard InChI is InChI=1S/C17H27N/c1-4-15-7-5-6-8-17(15)18-14(3)16-11-9-13(2)10-12-16/h9-12,14-15,17-18H,4-8H2,1-3H3/t14-,15?,17?/m0/s1. The van der Waals surface area contributed by atoms with Crippen molar-refractivity contribution in [3.8, 4) is 0 Å². The van der Waals surface area contributed by atoms with E-state index in [-0.39, 0.29) is 0 Å². The molecule has 0 aliphatic heterocycles. The highest BCUT2D eigenvalue weighted by molar-refractivity contribution is 5.23. The molecular formula is C17H27N. The van der Waals surface area contributed by atoms with Gasteiger partial charge in [0.1, 0.15) is 0 Å². The minimum atomic E-state index is 0.475. The molecule has 100 valence electrons. The molecule has 1 aliphatic rings. The van der Waals surface area contributed by atoms with Crippen molar-refractivity contribution < 1.29 is 0 Å². The molecule has 18 heavy (non-hydrogen) atoms. The Morgan fingerprint density at radius 1 is 1.17 bits per heavy atom. The molecular weight excluding hydrogens is 218 g/mol. The van der Waals surface area contributed by atoms with Crippen LogP contribution in [0.1, 0.15) is 63.1 Å². The van der Waals surface area contributed by atoms with E-state index in [4.69, 9.17) is 0 Å². The number of aryl methyl sites for hydroxylation is 1. The topological polar surface area (TPSA) is 12.0 Å². The fourth-order valence-corrected chi connectivity index (χ4v) is 3.19. The van der Waals surface area contributed by atoms with E-state index in [1.54, 1.807) is 0 Å². The largest absolute Gasteiger partial charge is 0.307 e. The van der Waals surface area contributed by atoms with Gasteiger partial charge in [0.15, 0.2) is 0 Å². The molecule has 1 saturated carbocycles. The number of hydrogen-bond acceptors (Lipinski definition) is 1. The van der Waals surface area contributed by atoms with Crippen molar-refractivity contribution in [3.05, 3.63) is 35.4 Å². The van der Waals surface area contributed by atoms with E-state index in [0.29, 0.717) is 6.04 Å². The van der Waals surface area contributed by atoms with Crippen LogP contribution in [0.4, 0.5) is 0 Å². The summed E-state index contributed by atoms with van der Waals surface area (Å²) in [5.74, 6) is 0.881. The smallest absolute Gasteiger partial charge is 0.0294 e. The average Bonchev–Trinajstić information content (AvgIpc) is 2.40. The second-order valence-corrected chi connectivity index (χ2v) is 5.86. The van der Waals surface area contributed by atoms with Gasteiger partial charge in [-0.15, -0.1) is 0 Å². The first-order chi connectivity index (χ1) is 8.70. The first-order valence-corrected chi connectivity index (χ1v) is 7.53. The Kier molecular flexibility index (Phi) is 4.82. The summed E-state index contributed by atoms with van der Waals surface area (Å²) in [5, 5.41) is 3.86. The highest BCUT2D eigenvalue weighted by Crippen LogP contribution is 2.28. The average molecular weight is 245 g/mol. The summed E-state index contributed by atoms with van der Waals surface area (Å²) in [6.45, 7) is 6.78. The highest BCUT2D eigenvalue weighted by atomic mass is 15.0. The van der Waals surface area contributed by atoms with Crippen molar-refractivity contribution >= 4 is 0 Å². The molecule has 1 aromatic rings. The Morgan fingerprint density at radius 3 is 2.50 bits per heavy atom. The molecule has 2 unspecified atom stereocenters. The van der Waals surface area contributed by atoms with Gasteiger partial charge >= 0.3 is 0 Å². The Hall–Kier alpha value is -0.820. The summed E-state index contributed by atoms with van der Waals surface area (Å²) in [5.41, 5.74) is 2.76. The lowest BCUT2D eigenvalue weighted by atomic mass is 9.82. The van der Waals surface area contributed by atoms with Gasteiger partial charge in [-0.2, -0.15) is 0 Å². The van der Waals surface area contributed by atoms with Gasteiger partial charge in [0.05, 0.1) is 0 Å². The third-order valence-corrected chi connectivity index (χ3v) is 4.47. The minimum Gasteiger partial charge on any atom is -0.307 e. The van der Waals surface area contributed by atoms with Gasteiger partial charge in [0.25, 0.3) is 0 Å². The maximum absolute atomic E-state index is 3.86. The van der Waals surface area contributed by atoms with Gasteiger partial charge < -0.3 is 5.32 Å². The van der Waals surface area contributed by atoms with Crippen LogP contribution in [0.5, 0.6) is 0 Å². The Labute approximate surface area is 112 Å². The quantitative estimate of drug-likeness (QED) is 0.816. The molecule has 0 bridgehead atoms. The first kappa shape index (κ1) is 13.6. The number of benzene rings is 1. The fraction of sp³-hybridized carbons (Fsp3) is 0.647. The summed E-state index contributed by atoms with van der Waals surface area (Å²) in [4.78, 5) is 0. The maximum Gasteiger partial charge on any atom is 0.0294 e. The van der Waals surface area contributed by atoms with Gasteiger partial charge in [-0.1, -0.05) is 56.0 Å². The van der Waals surface area contributed by atoms with E-state index >= 15 is 0 Å². The van der Waals surface area contributed by atoms with Crippen molar-refractivity contribution in [2.24, 2.45) is 5.92 Å². The van der Waals surface area contributed by atoms with Crippen LogP contribution in [0.3, 0.4) is 0 Å². The number of rotatable bonds is 4. The Morgan fingerprint density at radius 2 is 1.83 bits per heavy atom. The van der Waals surface area contributed by atoms with Crippen LogP contribution in [-0.4, -0.2) is 6.04 Å². The van der Waals surface area contributed by atoms with Crippen molar-refractivity contribution in [2.45, 2.75) is 65.0 Å². The molecule has 3 atom stereocenters. The molecule has 0 heterocycles. The lowest BCUT2D eigenvalue weighted by molar-refractivity contribution is 0.240. The molecule has 2 rings (SSSR count). The van der Waals surface area contributed by atoms with Crippen molar-refractivity contribution in [1.29, 1.82) is 0 Å². The maximum atomic E-state index is 3.86. The van der Waals surface area contributed by atoms with E-state index in [2.05, 4.69) is 50.4 Å². The zero-order valence-electron chi connectivity index (χ0n) is 12.1. The second-order valence-electron chi connectivity index (χ2n) is 5.86. The van der Waals surface area contributed by atoms with Crippen LogP contribution in [0, 0.1) is 12.8 Å². The van der Waals surface area contributed by atoms with Gasteiger partial charge in [-0.25, -0.2) is 0 Å². The molecule has 1 aromatic carbocycles. The SMILES string of the molecule is CCC1CCCCC1N[C@@H](C)c1ccc(C)cc1. The minimum absolute atomic E-state index is 0.475. The first-order valence-electron chi connectivity index (χ1n) is 7.53. The molecule has 1 N–H and O–H groups in total. The molecule has 1 nitrogen and oxygen atoms in total. The van der Waals surface area contributed by atoms with Crippen LogP contribution in [0.25, 0.3) is 0 Å². The Balaban J connectivity index is 1.97. The normalized spacial score (nSPS) is 25.9. The van der Waals surface area contributed by atoms with E-state index in [9.17, 15) is 0 Å². The van der Waals surface area contributed by atoms with Crippen LogP contribution < -0.4 is 5.32 Å². The predicted octanol–water partition coefficient (Wildman–Crippen LogP) is 4.61. The fourth-order valence-electron chi connectivity index (χ4n) is 3.19.